The molecule has 5 nitrogen and oxygen atoms in total. The van der Waals surface area contributed by atoms with Crippen molar-refractivity contribution in [2.45, 2.75) is 32.2 Å². The molecule has 2 unspecified atom stereocenters. The van der Waals surface area contributed by atoms with Gasteiger partial charge >= 0.3 is 5.97 Å². The van der Waals surface area contributed by atoms with E-state index in [0.29, 0.717) is 18.5 Å². The lowest BCUT2D eigenvalue weighted by molar-refractivity contribution is -0.152. The maximum absolute atomic E-state index is 12.1. The first-order valence-corrected chi connectivity index (χ1v) is 7.10. The average molecular weight is 286 g/mol. The quantitative estimate of drug-likeness (QED) is 0.921. The summed E-state index contributed by atoms with van der Waals surface area (Å²) in [7, 11) is 0. The summed E-state index contributed by atoms with van der Waals surface area (Å²) in [5.41, 5.74) is 1.30. The number of nitrogens with zero attached hydrogens (tertiary/aromatic N) is 2. The van der Waals surface area contributed by atoms with Crippen LogP contribution in [-0.4, -0.2) is 28.4 Å². The summed E-state index contributed by atoms with van der Waals surface area (Å²) >= 11 is 0. The number of rotatable bonds is 4. The summed E-state index contributed by atoms with van der Waals surface area (Å²) in [6.45, 7) is 2.51. The Morgan fingerprint density at radius 1 is 1.43 bits per heavy atom. The molecule has 0 spiro atoms. The van der Waals surface area contributed by atoms with Crippen molar-refractivity contribution in [3.8, 4) is 6.07 Å². The summed E-state index contributed by atoms with van der Waals surface area (Å²) < 4.78 is 0. The molecule has 110 valence electrons. The Bertz CT molecular complexity index is 574. The van der Waals surface area contributed by atoms with Gasteiger partial charge in [0, 0.05) is 13.0 Å². The normalized spacial score (nSPS) is 21.9. The number of nitriles is 1. The highest BCUT2D eigenvalue weighted by molar-refractivity contribution is 5.81. The first-order chi connectivity index (χ1) is 10.1. The van der Waals surface area contributed by atoms with Gasteiger partial charge in [-0.2, -0.15) is 5.26 Å². The van der Waals surface area contributed by atoms with E-state index in [9.17, 15) is 14.7 Å². The van der Waals surface area contributed by atoms with E-state index in [1.807, 2.05) is 13.0 Å². The smallest absolute Gasteiger partial charge is 0.308 e. The van der Waals surface area contributed by atoms with Crippen molar-refractivity contribution >= 4 is 11.9 Å². The topological polar surface area (TPSA) is 81.4 Å². The minimum atomic E-state index is -0.877. The number of aliphatic carboxylic acids is 1. The van der Waals surface area contributed by atoms with Gasteiger partial charge in [0.15, 0.2) is 0 Å². The van der Waals surface area contributed by atoms with E-state index in [1.54, 1.807) is 29.2 Å². The monoisotopic (exact) mass is 286 g/mol. The maximum atomic E-state index is 12.1. The van der Waals surface area contributed by atoms with Crippen LogP contribution in [0.15, 0.2) is 24.3 Å². The number of hydrogen-bond acceptors (Lipinski definition) is 3. The molecule has 0 aliphatic carbocycles. The van der Waals surface area contributed by atoms with Crippen molar-refractivity contribution < 1.29 is 14.7 Å². The van der Waals surface area contributed by atoms with Crippen molar-refractivity contribution in [1.82, 2.24) is 4.90 Å². The number of carbonyl (C=O) groups is 2. The van der Waals surface area contributed by atoms with Crippen molar-refractivity contribution in [2.24, 2.45) is 5.92 Å². The lowest BCUT2D eigenvalue weighted by atomic mass is 9.84. The molecule has 0 radical (unpaired) electrons. The molecular weight excluding hydrogens is 268 g/mol. The highest BCUT2D eigenvalue weighted by Gasteiger charge is 2.40. The molecule has 0 aromatic heterocycles. The van der Waals surface area contributed by atoms with Gasteiger partial charge in [0.2, 0.25) is 5.91 Å². The van der Waals surface area contributed by atoms with Gasteiger partial charge < -0.3 is 10.0 Å². The molecule has 1 aromatic rings. The van der Waals surface area contributed by atoms with Crippen molar-refractivity contribution in [1.29, 1.82) is 5.26 Å². The summed E-state index contributed by atoms with van der Waals surface area (Å²) in [4.78, 5) is 25.3. The minimum Gasteiger partial charge on any atom is -0.481 e. The number of hydrogen-bond donors (Lipinski definition) is 1. The Morgan fingerprint density at radius 2 is 2.10 bits per heavy atom. The molecule has 1 fully saturated rings. The van der Waals surface area contributed by atoms with E-state index in [2.05, 4.69) is 0 Å². The number of carboxylic acid groups (broad SMARTS) is 1. The fourth-order valence-corrected chi connectivity index (χ4v) is 2.88. The third-order valence-electron chi connectivity index (χ3n) is 3.87. The molecule has 1 heterocycles. The second-order valence-electron chi connectivity index (χ2n) is 5.25. The third-order valence-corrected chi connectivity index (χ3v) is 3.87. The molecule has 1 saturated heterocycles. The van der Waals surface area contributed by atoms with Crippen LogP contribution in [0.25, 0.3) is 0 Å². The highest BCUT2D eigenvalue weighted by Crippen LogP contribution is 2.37. The van der Waals surface area contributed by atoms with Crippen LogP contribution in [-0.2, 0) is 9.59 Å². The lowest BCUT2D eigenvalue weighted by Gasteiger charge is -2.39. The summed E-state index contributed by atoms with van der Waals surface area (Å²) in [6, 6.07) is 8.42. The van der Waals surface area contributed by atoms with Gasteiger partial charge in [-0.15, -0.1) is 0 Å². The van der Waals surface area contributed by atoms with Gasteiger partial charge in [0.25, 0.3) is 0 Å². The Hall–Kier alpha value is -2.35. The summed E-state index contributed by atoms with van der Waals surface area (Å²) in [5, 5.41) is 18.3. The molecule has 21 heavy (non-hydrogen) atoms. The van der Waals surface area contributed by atoms with E-state index in [-0.39, 0.29) is 12.3 Å². The molecule has 1 aliphatic rings. The predicted molar refractivity (Wildman–Crippen MR) is 76.3 cm³/mol. The zero-order valence-corrected chi connectivity index (χ0v) is 12.0. The van der Waals surface area contributed by atoms with Crippen molar-refractivity contribution in [2.75, 3.05) is 6.54 Å². The van der Waals surface area contributed by atoms with Gasteiger partial charge in [-0.25, -0.2) is 0 Å². The fourth-order valence-electron chi connectivity index (χ4n) is 2.88. The van der Waals surface area contributed by atoms with Crippen LogP contribution in [0.4, 0.5) is 0 Å². The van der Waals surface area contributed by atoms with Crippen LogP contribution >= 0.6 is 0 Å². The Kier molecular flexibility index (Phi) is 4.59. The molecule has 5 heteroatoms. The van der Waals surface area contributed by atoms with Crippen LogP contribution in [0.1, 0.15) is 43.4 Å². The zero-order chi connectivity index (χ0) is 15.4. The molecule has 1 N–H and O–H groups in total. The SMILES string of the molecule is CCCN1C(=O)CCC(C(=O)O)C1c1ccc(C#N)cc1. The van der Waals surface area contributed by atoms with Gasteiger partial charge in [-0.1, -0.05) is 19.1 Å². The van der Waals surface area contributed by atoms with Gasteiger partial charge in [-0.3, -0.25) is 9.59 Å². The van der Waals surface area contributed by atoms with Gasteiger partial charge in [0.1, 0.15) is 0 Å². The molecule has 0 saturated carbocycles. The third kappa shape index (κ3) is 3.05. The number of carboxylic acids is 1. The van der Waals surface area contributed by atoms with Crippen LogP contribution in [0.3, 0.4) is 0 Å². The van der Waals surface area contributed by atoms with Gasteiger partial charge in [-0.05, 0) is 30.5 Å². The van der Waals surface area contributed by atoms with Gasteiger partial charge in [0.05, 0.1) is 23.6 Å². The van der Waals surface area contributed by atoms with E-state index in [1.165, 1.54) is 0 Å². The highest BCUT2D eigenvalue weighted by atomic mass is 16.4. The molecule has 1 aromatic carbocycles. The van der Waals surface area contributed by atoms with Crippen molar-refractivity contribution in [3.63, 3.8) is 0 Å². The molecule has 0 bridgehead atoms. The van der Waals surface area contributed by atoms with Crippen LogP contribution < -0.4 is 0 Å². The summed E-state index contributed by atoms with van der Waals surface area (Å²) in [5.74, 6) is -1.47. The standard InChI is InChI=1S/C16H18N2O3/c1-2-9-18-14(19)8-7-13(16(20)21)15(18)12-5-3-11(10-17)4-6-12/h3-6,13,15H,2,7-9H2,1H3,(H,20,21). The van der Waals surface area contributed by atoms with Crippen LogP contribution in [0.2, 0.25) is 0 Å². The number of amides is 1. The number of likely N-dealkylation sites (tertiary alicyclic amines) is 1. The molecular formula is C16H18N2O3. The van der Waals surface area contributed by atoms with E-state index in [0.717, 1.165) is 12.0 Å². The van der Waals surface area contributed by atoms with Crippen LogP contribution in [0.5, 0.6) is 0 Å². The Labute approximate surface area is 123 Å². The maximum Gasteiger partial charge on any atom is 0.308 e. The molecule has 1 aliphatic heterocycles. The molecule has 2 atom stereocenters. The van der Waals surface area contributed by atoms with E-state index >= 15 is 0 Å². The fraction of sp³-hybridized carbons (Fsp3) is 0.438. The zero-order valence-electron chi connectivity index (χ0n) is 12.0. The number of carbonyl (C=O) groups excluding carboxylic acids is 1. The van der Waals surface area contributed by atoms with Crippen LogP contribution in [0, 0.1) is 17.2 Å². The first-order valence-electron chi connectivity index (χ1n) is 7.10. The Morgan fingerprint density at radius 3 is 2.62 bits per heavy atom. The van der Waals surface area contributed by atoms with E-state index < -0.39 is 17.9 Å². The second-order valence-corrected chi connectivity index (χ2v) is 5.25. The predicted octanol–water partition coefficient (Wildman–Crippen LogP) is 2.33. The minimum absolute atomic E-state index is 0.00343. The molecule has 2 rings (SSSR count). The number of benzene rings is 1. The number of piperidine rings is 1. The van der Waals surface area contributed by atoms with E-state index in [4.69, 9.17) is 5.26 Å². The Balaban J connectivity index is 2.40. The average Bonchev–Trinajstić information content (AvgIpc) is 2.49. The largest absolute Gasteiger partial charge is 0.481 e. The lowest BCUT2D eigenvalue weighted by Crippen LogP contribution is -2.45. The van der Waals surface area contributed by atoms with Crippen molar-refractivity contribution in [3.05, 3.63) is 35.4 Å². The summed E-state index contributed by atoms with van der Waals surface area (Å²) in [6.07, 6.45) is 1.42. The molecule has 1 amide bonds. The second kappa shape index (κ2) is 6.40. The first kappa shape index (κ1) is 15.0.